The van der Waals surface area contributed by atoms with E-state index in [1.165, 1.54) is 0 Å². The summed E-state index contributed by atoms with van der Waals surface area (Å²) in [6.07, 6.45) is -1.11. The van der Waals surface area contributed by atoms with Crippen LogP contribution in [0.15, 0.2) is 17.0 Å². The molecule has 0 radical (unpaired) electrons. The molecule has 0 aliphatic heterocycles. The Morgan fingerprint density at radius 2 is 1.88 bits per heavy atom. The van der Waals surface area contributed by atoms with Crippen molar-refractivity contribution in [3.63, 3.8) is 0 Å². The van der Waals surface area contributed by atoms with Gasteiger partial charge >= 0.3 is 12.1 Å². The van der Waals surface area contributed by atoms with Crippen LogP contribution >= 0.6 is 0 Å². The van der Waals surface area contributed by atoms with Crippen LogP contribution in [0.25, 0.3) is 0 Å². The summed E-state index contributed by atoms with van der Waals surface area (Å²) in [5.41, 5.74) is -2.32. The summed E-state index contributed by atoms with van der Waals surface area (Å²) in [4.78, 5) is 10.1. The lowest BCUT2D eigenvalue weighted by Crippen LogP contribution is -2.22. The fourth-order valence-electron chi connectivity index (χ4n) is 2.83. The maximum Gasteiger partial charge on any atom is 0.417 e. The normalized spacial score (nSPS) is 16.3. The Morgan fingerprint density at radius 3 is 2.33 bits per heavy atom. The molecule has 1 aromatic carbocycles. The van der Waals surface area contributed by atoms with Gasteiger partial charge in [-0.15, -0.1) is 0 Å². The SMILES string of the molecule is NS(=O)(=O)c1cc(C(=O)O)c(NCC2CCCC2)cc1C(F)(F)F. The van der Waals surface area contributed by atoms with Gasteiger partial charge in [-0.1, -0.05) is 12.8 Å². The molecule has 1 aliphatic rings. The van der Waals surface area contributed by atoms with E-state index in [1.54, 1.807) is 0 Å². The quantitative estimate of drug-likeness (QED) is 0.742. The van der Waals surface area contributed by atoms with E-state index in [4.69, 9.17) is 5.14 Å². The Balaban J connectivity index is 2.50. The molecule has 6 nitrogen and oxygen atoms in total. The second kappa shape index (κ2) is 6.60. The Bertz CT molecular complexity index is 741. The smallest absolute Gasteiger partial charge is 0.417 e. The highest BCUT2D eigenvalue weighted by molar-refractivity contribution is 7.89. The first kappa shape index (κ1) is 18.5. The number of nitrogens with one attached hydrogen (secondary N) is 1. The highest BCUT2D eigenvalue weighted by Gasteiger charge is 2.38. The number of primary sulfonamides is 1. The maximum atomic E-state index is 13.1. The molecule has 0 spiro atoms. The molecule has 134 valence electrons. The zero-order chi connectivity index (χ0) is 18.1. The molecule has 0 atom stereocenters. The number of carboxylic acids is 1. The summed E-state index contributed by atoms with van der Waals surface area (Å²) < 4.78 is 62.2. The van der Waals surface area contributed by atoms with Gasteiger partial charge in [0, 0.05) is 12.2 Å². The largest absolute Gasteiger partial charge is 0.478 e. The van der Waals surface area contributed by atoms with Crippen molar-refractivity contribution in [1.29, 1.82) is 0 Å². The van der Waals surface area contributed by atoms with E-state index in [9.17, 15) is 31.5 Å². The van der Waals surface area contributed by atoms with Crippen LogP contribution in [0.4, 0.5) is 18.9 Å². The molecule has 1 fully saturated rings. The second-order valence-corrected chi connectivity index (χ2v) is 7.30. The van der Waals surface area contributed by atoms with Crippen LogP contribution in [-0.2, 0) is 16.2 Å². The van der Waals surface area contributed by atoms with Crippen molar-refractivity contribution in [2.75, 3.05) is 11.9 Å². The summed E-state index contributed by atoms with van der Waals surface area (Å²) in [6, 6.07) is 0.954. The van der Waals surface area contributed by atoms with Crippen LogP contribution in [0.1, 0.15) is 41.6 Å². The van der Waals surface area contributed by atoms with Crippen molar-refractivity contribution >= 4 is 21.7 Å². The Kier molecular flexibility index (Phi) is 5.09. The number of aromatic carboxylic acids is 1. The van der Waals surface area contributed by atoms with Crippen molar-refractivity contribution in [2.45, 2.75) is 36.8 Å². The lowest BCUT2D eigenvalue weighted by molar-refractivity contribution is -0.139. The Labute approximate surface area is 136 Å². The number of benzene rings is 1. The summed E-state index contributed by atoms with van der Waals surface area (Å²) in [5, 5.41) is 16.7. The molecule has 1 aliphatic carbocycles. The predicted molar refractivity (Wildman–Crippen MR) is 80.2 cm³/mol. The lowest BCUT2D eigenvalue weighted by Gasteiger charge is -2.18. The molecule has 0 heterocycles. The van der Waals surface area contributed by atoms with Crippen LogP contribution in [0.3, 0.4) is 0 Å². The monoisotopic (exact) mass is 366 g/mol. The third-order valence-corrected chi connectivity index (χ3v) is 4.97. The molecule has 24 heavy (non-hydrogen) atoms. The Morgan fingerprint density at radius 1 is 1.29 bits per heavy atom. The molecule has 4 N–H and O–H groups in total. The molecule has 1 aromatic rings. The number of nitrogens with two attached hydrogens (primary N) is 1. The van der Waals surface area contributed by atoms with E-state index < -0.39 is 38.2 Å². The van der Waals surface area contributed by atoms with Crippen LogP contribution in [0.5, 0.6) is 0 Å². The first-order valence-corrected chi connectivity index (χ1v) is 8.80. The van der Waals surface area contributed by atoms with Gasteiger partial charge in [0.25, 0.3) is 0 Å². The minimum absolute atomic E-state index is 0.249. The van der Waals surface area contributed by atoms with Gasteiger partial charge in [-0.2, -0.15) is 13.2 Å². The van der Waals surface area contributed by atoms with Crippen molar-refractivity contribution in [3.8, 4) is 0 Å². The van der Waals surface area contributed by atoms with Gasteiger partial charge in [0.05, 0.1) is 16.0 Å². The van der Waals surface area contributed by atoms with Gasteiger partial charge in [0.2, 0.25) is 10.0 Å². The van der Waals surface area contributed by atoms with Crippen LogP contribution in [0.2, 0.25) is 0 Å². The number of anilines is 1. The fraction of sp³-hybridized carbons (Fsp3) is 0.500. The van der Waals surface area contributed by atoms with Crippen LogP contribution in [-0.4, -0.2) is 26.0 Å². The first-order valence-electron chi connectivity index (χ1n) is 7.25. The third-order valence-electron chi connectivity index (χ3n) is 4.02. The number of hydrogen-bond acceptors (Lipinski definition) is 4. The van der Waals surface area contributed by atoms with E-state index in [-0.39, 0.29) is 11.6 Å². The topological polar surface area (TPSA) is 109 Å². The zero-order valence-corrected chi connectivity index (χ0v) is 13.4. The second-order valence-electron chi connectivity index (χ2n) is 5.77. The van der Waals surface area contributed by atoms with E-state index in [0.717, 1.165) is 25.7 Å². The molecule has 0 amide bonds. The summed E-state index contributed by atoms with van der Waals surface area (Å²) in [5.74, 6) is -1.29. The van der Waals surface area contributed by atoms with Crippen molar-refractivity contribution < 1.29 is 31.5 Å². The molecule has 2 rings (SSSR count). The molecule has 0 bridgehead atoms. The number of halogens is 3. The minimum atomic E-state index is -4.98. The molecule has 10 heteroatoms. The number of hydrogen-bond donors (Lipinski definition) is 3. The van der Waals surface area contributed by atoms with Gasteiger partial charge in [-0.05, 0) is 30.9 Å². The van der Waals surface area contributed by atoms with Crippen LogP contribution < -0.4 is 10.5 Å². The van der Waals surface area contributed by atoms with Crippen molar-refractivity contribution in [2.24, 2.45) is 11.1 Å². The minimum Gasteiger partial charge on any atom is -0.478 e. The third kappa shape index (κ3) is 4.18. The highest BCUT2D eigenvalue weighted by atomic mass is 32.2. The van der Waals surface area contributed by atoms with E-state index in [0.29, 0.717) is 18.7 Å². The van der Waals surface area contributed by atoms with E-state index >= 15 is 0 Å². The molecule has 1 saturated carbocycles. The van der Waals surface area contributed by atoms with Gasteiger partial charge in [0.1, 0.15) is 0 Å². The van der Waals surface area contributed by atoms with Crippen molar-refractivity contribution in [3.05, 3.63) is 23.3 Å². The molecule has 0 saturated heterocycles. The average Bonchev–Trinajstić information content (AvgIpc) is 2.95. The summed E-state index contributed by atoms with van der Waals surface area (Å²) in [7, 11) is -4.73. The summed E-state index contributed by atoms with van der Waals surface area (Å²) in [6.45, 7) is 0.326. The molecule has 0 unspecified atom stereocenters. The van der Waals surface area contributed by atoms with Crippen molar-refractivity contribution in [1.82, 2.24) is 0 Å². The van der Waals surface area contributed by atoms with E-state index in [2.05, 4.69) is 5.32 Å². The maximum absolute atomic E-state index is 13.1. The zero-order valence-electron chi connectivity index (χ0n) is 12.6. The number of carboxylic acid groups (broad SMARTS) is 1. The number of carbonyl (C=O) groups is 1. The Hall–Kier alpha value is -1.81. The number of alkyl halides is 3. The number of sulfonamides is 1. The number of rotatable bonds is 5. The fourth-order valence-corrected chi connectivity index (χ4v) is 3.59. The van der Waals surface area contributed by atoms with Crippen LogP contribution in [0, 0.1) is 5.92 Å². The molecular weight excluding hydrogens is 349 g/mol. The lowest BCUT2D eigenvalue weighted by atomic mass is 10.1. The van der Waals surface area contributed by atoms with Gasteiger partial charge in [0.15, 0.2) is 0 Å². The van der Waals surface area contributed by atoms with Gasteiger partial charge in [-0.25, -0.2) is 18.4 Å². The average molecular weight is 366 g/mol. The van der Waals surface area contributed by atoms with E-state index in [1.807, 2.05) is 0 Å². The molecular formula is C14H17F3N2O4S. The predicted octanol–water partition coefficient (Wildman–Crippen LogP) is 2.65. The highest BCUT2D eigenvalue weighted by Crippen LogP contribution is 2.37. The standard InChI is InChI=1S/C14H17F3N2O4S/c15-14(16,17)10-6-11(19-7-8-3-1-2-4-8)9(13(20)21)5-12(10)24(18,22)23/h5-6,8,19H,1-4,7H2,(H,20,21)(H2,18,22,23). The summed E-state index contributed by atoms with van der Waals surface area (Å²) >= 11 is 0. The van der Waals surface area contributed by atoms with Gasteiger partial charge in [-0.3, -0.25) is 0 Å². The molecule has 0 aromatic heterocycles. The first-order chi connectivity index (χ1) is 11.0. The van der Waals surface area contributed by atoms with Gasteiger partial charge < -0.3 is 10.4 Å².